The van der Waals surface area contributed by atoms with E-state index in [4.69, 9.17) is 0 Å². The van der Waals surface area contributed by atoms with Gasteiger partial charge in [0.2, 0.25) is 0 Å². The lowest BCUT2D eigenvalue weighted by atomic mass is 9.95. The molecule has 3 heteroatoms. The number of aryl methyl sites for hydroxylation is 1. The van der Waals surface area contributed by atoms with Gasteiger partial charge in [0.1, 0.15) is 0 Å². The first-order valence-electron chi connectivity index (χ1n) is 6.80. The van der Waals surface area contributed by atoms with E-state index < -0.39 is 0 Å². The van der Waals surface area contributed by atoms with Crippen LogP contribution in [0.15, 0.2) is 11.4 Å². The first-order chi connectivity index (χ1) is 8.47. The van der Waals surface area contributed by atoms with Crippen LogP contribution in [0.1, 0.15) is 43.7 Å². The lowest BCUT2D eigenvalue weighted by molar-refractivity contribution is 0.147. The molecule has 2 unspecified atom stereocenters. The van der Waals surface area contributed by atoms with Gasteiger partial charge in [-0.25, -0.2) is 0 Å². The van der Waals surface area contributed by atoms with Crippen LogP contribution in [-0.2, 0) is 6.42 Å². The summed E-state index contributed by atoms with van der Waals surface area (Å²) in [5, 5.41) is 11.6. The van der Waals surface area contributed by atoms with Crippen LogP contribution < -0.4 is 0 Å². The molecule has 0 radical (unpaired) electrons. The van der Waals surface area contributed by atoms with Crippen molar-refractivity contribution >= 4 is 11.3 Å². The van der Waals surface area contributed by atoms with Crippen molar-refractivity contribution in [2.75, 3.05) is 20.7 Å². The summed E-state index contributed by atoms with van der Waals surface area (Å²) in [4.78, 5) is 3.66. The molecule has 1 rings (SSSR count). The van der Waals surface area contributed by atoms with Crippen LogP contribution in [0, 0.1) is 11.8 Å². The minimum absolute atomic E-state index is 0.240. The molecule has 0 bridgehead atoms. The van der Waals surface area contributed by atoms with E-state index in [1.54, 1.807) is 0 Å². The molecule has 0 saturated carbocycles. The summed E-state index contributed by atoms with van der Waals surface area (Å²) >= 11 is 1.83. The molecule has 0 spiro atoms. The van der Waals surface area contributed by atoms with Gasteiger partial charge in [-0.2, -0.15) is 0 Å². The lowest BCUT2D eigenvalue weighted by Crippen LogP contribution is -2.28. The van der Waals surface area contributed by atoms with Gasteiger partial charge in [-0.3, -0.25) is 0 Å². The van der Waals surface area contributed by atoms with Crippen molar-refractivity contribution in [1.29, 1.82) is 0 Å². The standard InChI is InChI=1S/C15H27NOS/c1-11(2)6-7-13-8-9-18-15(13)14(16(4)5)12(3)10-17/h8-9,11-12,14,17H,6-7,10H2,1-5H3. The molecule has 18 heavy (non-hydrogen) atoms. The van der Waals surface area contributed by atoms with E-state index in [1.165, 1.54) is 16.9 Å². The zero-order chi connectivity index (χ0) is 13.7. The third kappa shape index (κ3) is 4.08. The van der Waals surface area contributed by atoms with E-state index in [9.17, 15) is 5.11 Å². The highest BCUT2D eigenvalue weighted by Gasteiger charge is 2.24. The molecule has 1 heterocycles. The Bertz CT molecular complexity index is 346. The van der Waals surface area contributed by atoms with Crippen LogP contribution in [0.4, 0.5) is 0 Å². The minimum atomic E-state index is 0.240. The molecule has 1 aromatic rings. The molecule has 1 aromatic heterocycles. The zero-order valence-corrected chi connectivity index (χ0v) is 13.1. The normalized spacial score (nSPS) is 15.3. The van der Waals surface area contributed by atoms with Gasteiger partial charge in [0.05, 0.1) is 0 Å². The topological polar surface area (TPSA) is 23.5 Å². The molecule has 0 aliphatic carbocycles. The van der Waals surface area contributed by atoms with Crippen LogP contribution in [0.25, 0.3) is 0 Å². The number of hydrogen-bond donors (Lipinski definition) is 1. The van der Waals surface area contributed by atoms with Gasteiger partial charge in [0, 0.05) is 17.5 Å². The molecule has 0 aromatic carbocycles. The number of nitrogens with zero attached hydrogens (tertiary/aromatic N) is 1. The van der Waals surface area contributed by atoms with E-state index in [0.29, 0.717) is 6.04 Å². The average molecular weight is 269 g/mol. The van der Waals surface area contributed by atoms with Crippen molar-refractivity contribution in [3.8, 4) is 0 Å². The highest BCUT2D eigenvalue weighted by Crippen LogP contribution is 2.34. The molecule has 0 amide bonds. The van der Waals surface area contributed by atoms with E-state index in [1.807, 2.05) is 11.3 Å². The van der Waals surface area contributed by atoms with E-state index >= 15 is 0 Å². The van der Waals surface area contributed by atoms with Gasteiger partial charge >= 0.3 is 0 Å². The maximum absolute atomic E-state index is 9.44. The summed E-state index contributed by atoms with van der Waals surface area (Å²) in [6, 6.07) is 2.58. The highest BCUT2D eigenvalue weighted by molar-refractivity contribution is 7.10. The Kier molecular flexibility index (Phi) is 6.33. The van der Waals surface area contributed by atoms with Crippen molar-refractivity contribution in [2.24, 2.45) is 11.8 Å². The Hall–Kier alpha value is -0.380. The number of rotatable bonds is 7. The first-order valence-corrected chi connectivity index (χ1v) is 7.68. The fraction of sp³-hybridized carbons (Fsp3) is 0.733. The van der Waals surface area contributed by atoms with Gasteiger partial charge in [-0.15, -0.1) is 11.3 Å². The minimum Gasteiger partial charge on any atom is -0.396 e. The van der Waals surface area contributed by atoms with E-state index in [2.05, 4.69) is 51.2 Å². The van der Waals surface area contributed by atoms with Crippen LogP contribution in [0.3, 0.4) is 0 Å². The third-order valence-corrected chi connectivity index (χ3v) is 4.45. The van der Waals surface area contributed by atoms with Crippen molar-refractivity contribution in [1.82, 2.24) is 4.90 Å². The molecule has 1 N–H and O–H groups in total. The average Bonchev–Trinajstić information content (AvgIpc) is 2.74. The summed E-state index contributed by atoms with van der Waals surface area (Å²) in [6.07, 6.45) is 2.39. The Morgan fingerprint density at radius 2 is 1.94 bits per heavy atom. The predicted molar refractivity (Wildman–Crippen MR) is 80.2 cm³/mol. The first kappa shape index (κ1) is 15.7. The molecular formula is C15H27NOS. The van der Waals surface area contributed by atoms with Gasteiger partial charge in [-0.05, 0) is 55.8 Å². The van der Waals surface area contributed by atoms with Gasteiger partial charge < -0.3 is 10.0 Å². The molecule has 2 nitrogen and oxygen atoms in total. The van der Waals surface area contributed by atoms with Crippen molar-refractivity contribution in [3.05, 3.63) is 21.9 Å². The maximum atomic E-state index is 9.44. The molecule has 0 fully saturated rings. The number of aliphatic hydroxyl groups excluding tert-OH is 1. The van der Waals surface area contributed by atoms with Crippen molar-refractivity contribution < 1.29 is 5.11 Å². The second kappa shape index (κ2) is 7.27. The number of hydrogen-bond acceptors (Lipinski definition) is 3. The van der Waals surface area contributed by atoms with E-state index in [0.717, 1.165) is 12.3 Å². The summed E-state index contributed by atoms with van der Waals surface area (Å²) in [6.45, 7) is 6.90. The van der Waals surface area contributed by atoms with Crippen LogP contribution in [-0.4, -0.2) is 30.7 Å². The zero-order valence-electron chi connectivity index (χ0n) is 12.3. The largest absolute Gasteiger partial charge is 0.396 e. The van der Waals surface area contributed by atoms with Gasteiger partial charge in [0.25, 0.3) is 0 Å². The Morgan fingerprint density at radius 3 is 2.44 bits per heavy atom. The lowest BCUT2D eigenvalue weighted by Gasteiger charge is -2.29. The van der Waals surface area contributed by atoms with Gasteiger partial charge in [0.15, 0.2) is 0 Å². The van der Waals surface area contributed by atoms with Crippen molar-refractivity contribution in [2.45, 2.75) is 39.7 Å². The monoisotopic (exact) mass is 269 g/mol. The summed E-state index contributed by atoms with van der Waals surface area (Å²) in [5.41, 5.74) is 1.47. The summed E-state index contributed by atoms with van der Waals surface area (Å²) in [7, 11) is 4.20. The molecule has 0 saturated heterocycles. The second-order valence-corrected chi connectivity index (χ2v) is 6.76. The highest BCUT2D eigenvalue weighted by atomic mass is 32.1. The summed E-state index contributed by atoms with van der Waals surface area (Å²) < 4.78 is 0. The van der Waals surface area contributed by atoms with Crippen LogP contribution in [0.2, 0.25) is 0 Å². The summed E-state index contributed by atoms with van der Waals surface area (Å²) in [5.74, 6) is 1.02. The SMILES string of the molecule is CC(C)CCc1ccsc1C(C(C)CO)N(C)C. The second-order valence-electron chi connectivity index (χ2n) is 5.81. The molecule has 104 valence electrons. The number of aliphatic hydroxyl groups is 1. The Morgan fingerprint density at radius 1 is 1.28 bits per heavy atom. The molecular weight excluding hydrogens is 242 g/mol. The molecule has 0 aliphatic heterocycles. The predicted octanol–water partition coefficient (Wildman–Crippen LogP) is 3.57. The third-order valence-electron chi connectivity index (χ3n) is 3.42. The van der Waals surface area contributed by atoms with E-state index in [-0.39, 0.29) is 12.5 Å². The van der Waals surface area contributed by atoms with Crippen molar-refractivity contribution in [3.63, 3.8) is 0 Å². The number of thiophene rings is 1. The quantitative estimate of drug-likeness (QED) is 0.818. The smallest absolute Gasteiger partial charge is 0.0485 e. The molecule has 2 atom stereocenters. The Balaban J connectivity index is 2.88. The fourth-order valence-corrected chi connectivity index (χ4v) is 3.64. The van der Waals surface area contributed by atoms with Gasteiger partial charge in [-0.1, -0.05) is 20.8 Å². The van der Waals surface area contributed by atoms with Crippen LogP contribution in [0.5, 0.6) is 0 Å². The van der Waals surface area contributed by atoms with Crippen LogP contribution >= 0.6 is 11.3 Å². The fourth-order valence-electron chi connectivity index (χ4n) is 2.36. The maximum Gasteiger partial charge on any atom is 0.0485 e. The molecule has 0 aliphatic rings. The Labute approximate surface area is 116 Å².